The van der Waals surface area contributed by atoms with E-state index in [2.05, 4.69) is 10.5 Å². The Morgan fingerprint density at radius 2 is 1.94 bits per heavy atom. The van der Waals surface area contributed by atoms with Crippen LogP contribution in [0.15, 0.2) is 62.8 Å². The molecule has 9 heteroatoms. The number of carbonyl (C=O) groups is 1. The van der Waals surface area contributed by atoms with Crippen molar-refractivity contribution in [3.8, 4) is 0 Å². The normalized spacial score (nSPS) is 17.1. The number of rotatable bonds is 7. The van der Waals surface area contributed by atoms with Crippen LogP contribution in [-0.4, -0.2) is 43.1 Å². The Balaban J connectivity index is 1.52. The maximum Gasteiger partial charge on any atom is 0.248 e. The zero-order chi connectivity index (χ0) is 25.0. The number of hydrogen-bond acceptors (Lipinski definition) is 6. The van der Waals surface area contributed by atoms with E-state index in [1.165, 1.54) is 4.31 Å². The molecule has 0 spiro atoms. The number of thioether (sulfide) groups is 1. The van der Waals surface area contributed by atoms with Crippen LogP contribution in [0.2, 0.25) is 0 Å². The second-order valence-electron chi connectivity index (χ2n) is 8.63. The number of amides is 1. The minimum absolute atomic E-state index is 0.0505. The average molecular weight is 512 g/mol. The molecule has 0 radical (unpaired) electrons. The summed E-state index contributed by atoms with van der Waals surface area (Å²) in [5, 5.41) is 6.86. The summed E-state index contributed by atoms with van der Waals surface area (Å²) in [4.78, 5) is 14.1. The molecule has 1 aliphatic rings. The number of aromatic nitrogens is 1. The van der Waals surface area contributed by atoms with E-state index in [-0.39, 0.29) is 23.1 Å². The molecule has 0 unspecified atom stereocenters. The topological polar surface area (TPSA) is 92.5 Å². The number of piperidine rings is 1. The predicted octanol–water partition coefficient (Wildman–Crippen LogP) is 5.22. The van der Waals surface area contributed by atoms with Crippen LogP contribution in [0.1, 0.15) is 35.4 Å². The number of carbonyl (C=O) groups excluding carboxylic acids is 1. The number of sulfonamides is 1. The molecule has 1 atom stereocenters. The molecule has 0 saturated carbocycles. The van der Waals surface area contributed by atoms with Crippen molar-refractivity contribution in [3.05, 3.63) is 71.1 Å². The van der Waals surface area contributed by atoms with Gasteiger partial charge in [0.15, 0.2) is 10.7 Å². The van der Waals surface area contributed by atoms with E-state index in [0.717, 1.165) is 16.0 Å². The molecule has 0 aliphatic carbocycles. The first-order valence-corrected chi connectivity index (χ1v) is 14.1. The molecule has 1 amide bonds. The molecule has 4 rings (SSSR count). The molecule has 0 bridgehead atoms. The monoisotopic (exact) mass is 511 g/mol. The molecule has 184 valence electrons. The molecule has 2 heterocycles. The summed E-state index contributed by atoms with van der Waals surface area (Å²) in [6.45, 7) is 4.08. The van der Waals surface area contributed by atoms with E-state index < -0.39 is 15.9 Å². The smallest absolute Gasteiger partial charge is 0.248 e. The number of anilines is 1. The molecule has 35 heavy (non-hydrogen) atoms. The quantitative estimate of drug-likeness (QED) is 0.437. The van der Waals surface area contributed by atoms with Crippen molar-refractivity contribution < 1.29 is 17.7 Å². The Bertz CT molecular complexity index is 1330. The molecule has 1 fully saturated rings. The molecule has 1 N–H and O–H groups in total. The van der Waals surface area contributed by atoms with Gasteiger partial charge in [0.1, 0.15) is 5.69 Å². The van der Waals surface area contributed by atoms with Crippen molar-refractivity contribution in [3.63, 3.8) is 0 Å². The van der Waals surface area contributed by atoms with Gasteiger partial charge in [0, 0.05) is 23.7 Å². The third-order valence-electron chi connectivity index (χ3n) is 6.03. The van der Waals surface area contributed by atoms with Gasteiger partial charge < -0.3 is 9.84 Å². The molecular weight excluding hydrogens is 482 g/mol. The van der Waals surface area contributed by atoms with Gasteiger partial charge in [-0.05, 0) is 62.8 Å². The van der Waals surface area contributed by atoms with E-state index in [4.69, 9.17) is 4.52 Å². The first-order chi connectivity index (χ1) is 16.8. The van der Waals surface area contributed by atoms with E-state index in [1.807, 2.05) is 61.7 Å². The summed E-state index contributed by atoms with van der Waals surface area (Å²) in [5.74, 6) is -0.434. The summed E-state index contributed by atoms with van der Waals surface area (Å²) >= 11 is 1.59. The van der Waals surface area contributed by atoms with Crippen LogP contribution >= 0.6 is 11.8 Å². The van der Waals surface area contributed by atoms with E-state index in [1.54, 1.807) is 30.8 Å². The molecule has 3 aromatic rings. The van der Waals surface area contributed by atoms with Gasteiger partial charge in [-0.25, -0.2) is 8.42 Å². The van der Waals surface area contributed by atoms with Gasteiger partial charge in [0.05, 0.1) is 5.92 Å². The molecule has 7 nitrogen and oxygen atoms in total. The van der Waals surface area contributed by atoms with E-state index >= 15 is 0 Å². The SMILES string of the molecule is CSc1cccc(NC(=O)[C@@H]2CCCN(S(=O)(=O)c3c(C)noc3/C=C/c3ccc(C)cc3)C2)c1. The Labute approximate surface area is 210 Å². The second-order valence-corrected chi connectivity index (χ2v) is 11.4. The largest absolute Gasteiger partial charge is 0.355 e. The van der Waals surface area contributed by atoms with Crippen LogP contribution < -0.4 is 5.32 Å². The maximum absolute atomic E-state index is 13.6. The van der Waals surface area contributed by atoms with E-state index in [9.17, 15) is 13.2 Å². The van der Waals surface area contributed by atoms with Crippen LogP contribution in [0.4, 0.5) is 5.69 Å². The highest BCUT2D eigenvalue weighted by molar-refractivity contribution is 7.98. The van der Waals surface area contributed by atoms with Crippen molar-refractivity contribution in [2.45, 2.75) is 36.5 Å². The average Bonchev–Trinajstić information content (AvgIpc) is 3.25. The van der Waals surface area contributed by atoms with Gasteiger partial charge in [-0.2, -0.15) is 4.31 Å². The van der Waals surface area contributed by atoms with Crippen molar-refractivity contribution in [1.29, 1.82) is 0 Å². The summed E-state index contributed by atoms with van der Waals surface area (Å²) < 4.78 is 34.0. The first-order valence-electron chi connectivity index (χ1n) is 11.4. The molecule has 1 saturated heterocycles. The maximum atomic E-state index is 13.6. The number of aryl methyl sites for hydroxylation is 2. The zero-order valence-electron chi connectivity index (χ0n) is 20.0. The standard InChI is InChI=1S/C26H29N3O4S2/c1-18-9-11-20(12-10-18)13-14-24-25(19(2)28-33-24)35(31,32)29-15-5-6-21(17-29)26(30)27-22-7-4-8-23(16-22)34-3/h4,7-14,16,21H,5-6,15,17H2,1-3H3,(H,27,30)/b14-13+/t21-/m1/s1. The Morgan fingerprint density at radius 3 is 2.69 bits per heavy atom. The van der Waals surface area contributed by atoms with Crippen molar-refractivity contribution in [1.82, 2.24) is 9.46 Å². The number of hydrogen-bond donors (Lipinski definition) is 1. The minimum Gasteiger partial charge on any atom is -0.355 e. The third-order valence-corrected chi connectivity index (χ3v) is 8.78. The Morgan fingerprint density at radius 1 is 1.17 bits per heavy atom. The summed E-state index contributed by atoms with van der Waals surface area (Å²) in [5.41, 5.74) is 3.07. The highest BCUT2D eigenvalue weighted by Gasteiger charge is 2.37. The van der Waals surface area contributed by atoms with Crippen LogP contribution in [0.25, 0.3) is 12.2 Å². The second kappa shape index (κ2) is 10.8. The Kier molecular flexibility index (Phi) is 7.78. The number of nitrogens with one attached hydrogen (secondary N) is 1. The Hall–Kier alpha value is -2.88. The van der Waals surface area contributed by atoms with Gasteiger partial charge in [-0.15, -0.1) is 11.8 Å². The highest BCUT2D eigenvalue weighted by atomic mass is 32.2. The summed E-state index contributed by atoms with van der Waals surface area (Å²) in [6, 6.07) is 15.5. The lowest BCUT2D eigenvalue weighted by Crippen LogP contribution is -2.43. The van der Waals surface area contributed by atoms with Gasteiger partial charge in [-0.1, -0.05) is 47.1 Å². The fourth-order valence-corrected chi connectivity index (χ4v) is 6.33. The number of benzene rings is 2. The molecular formula is C26H29N3O4S2. The van der Waals surface area contributed by atoms with Crippen LogP contribution in [-0.2, 0) is 14.8 Å². The van der Waals surface area contributed by atoms with Gasteiger partial charge in [0.25, 0.3) is 0 Å². The molecule has 1 aliphatic heterocycles. The van der Waals surface area contributed by atoms with Crippen LogP contribution in [0.3, 0.4) is 0 Å². The summed E-state index contributed by atoms with van der Waals surface area (Å²) in [7, 11) is -3.90. The van der Waals surface area contributed by atoms with Crippen molar-refractivity contribution in [2.75, 3.05) is 24.7 Å². The molecule has 1 aromatic heterocycles. The summed E-state index contributed by atoms with van der Waals surface area (Å²) in [6.07, 6.45) is 6.63. The lowest BCUT2D eigenvalue weighted by molar-refractivity contribution is -0.120. The zero-order valence-corrected chi connectivity index (χ0v) is 21.7. The highest BCUT2D eigenvalue weighted by Crippen LogP contribution is 2.30. The van der Waals surface area contributed by atoms with E-state index in [0.29, 0.717) is 30.8 Å². The number of nitrogens with zero attached hydrogens (tertiary/aromatic N) is 2. The molecule has 2 aromatic carbocycles. The fraction of sp³-hybridized carbons (Fsp3) is 0.308. The minimum atomic E-state index is -3.90. The van der Waals surface area contributed by atoms with Crippen molar-refractivity contribution >= 4 is 45.5 Å². The lowest BCUT2D eigenvalue weighted by Gasteiger charge is -2.31. The van der Waals surface area contributed by atoms with Gasteiger partial charge in [-0.3, -0.25) is 4.79 Å². The van der Waals surface area contributed by atoms with Gasteiger partial charge in [0.2, 0.25) is 15.9 Å². The third kappa shape index (κ3) is 5.86. The van der Waals surface area contributed by atoms with Gasteiger partial charge >= 0.3 is 0 Å². The van der Waals surface area contributed by atoms with Crippen molar-refractivity contribution in [2.24, 2.45) is 5.92 Å². The predicted molar refractivity (Wildman–Crippen MR) is 140 cm³/mol. The van der Waals surface area contributed by atoms with Crippen LogP contribution in [0, 0.1) is 19.8 Å². The fourth-order valence-electron chi connectivity index (χ4n) is 4.10. The van der Waals surface area contributed by atoms with Crippen LogP contribution in [0.5, 0.6) is 0 Å². The lowest BCUT2D eigenvalue weighted by atomic mass is 9.99. The first kappa shape index (κ1) is 25.2.